The standard InChI is InChI=1S/C19H22N4O5/c1-20-11-14(17(24)21(2)19(20)26)18(25)23-7-5-22(6-8-23)10-13-3-4-15-16(9-13)28-12-27-15/h3-4,9,11H,5-8,10,12H2,1-2H3. The fourth-order valence-electron chi connectivity index (χ4n) is 3.53. The molecule has 1 amide bonds. The number of amides is 1. The molecule has 3 heterocycles. The van der Waals surface area contributed by atoms with Crippen LogP contribution < -0.4 is 20.7 Å². The predicted octanol–water partition coefficient (Wildman–Crippen LogP) is -0.229. The van der Waals surface area contributed by atoms with Crippen molar-refractivity contribution < 1.29 is 14.3 Å². The highest BCUT2D eigenvalue weighted by Crippen LogP contribution is 2.32. The Kier molecular flexibility index (Phi) is 4.68. The van der Waals surface area contributed by atoms with E-state index in [9.17, 15) is 14.4 Å². The van der Waals surface area contributed by atoms with Gasteiger partial charge in [-0.2, -0.15) is 0 Å². The molecule has 0 saturated carbocycles. The van der Waals surface area contributed by atoms with Crippen LogP contribution in [0.2, 0.25) is 0 Å². The molecule has 148 valence electrons. The van der Waals surface area contributed by atoms with E-state index in [1.54, 1.807) is 4.90 Å². The minimum absolute atomic E-state index is 0.0221. The lowest BCUT2D eigenvalue weighted by Crippen LogP contribution is -2.50. The second-order valence-corrected chi connectivity index (χ2v) is 7.06. The zero-order valence-corrected chi connectivity index (χ0v) is 15.9. The maximum Gasteiger partial charge on any atom is 0.330 e. The van der Waals surface area contributed by atoms with Crippen LogP contribution in [0.25, 0.3) is 0 Å². The summed E-state index contributed by atoms with van der Waals surface area (Å²) >= 11 is 0. The first-order valence-corrected chi connectivity index (χ1v) is 9.11. The Labute approximate surface area is 161 Å². The summed E-state index contributed by atoms with van der Waals surface area (Å²) in [4.78, 5) is 40.8. The van der Waals surface area contributed by atoms with Crippen molar-refractivity contribution in [2.24, 2.45) is 14.1 Å². The molecule has 0 aliphatic carbocycles. The van der Waals surface area contributed by atoms with E-state index in [4.69, 9.17) is 9.47 Å². The molecule has 2 aliphatic heterocycles. The van der Waals surface area contributed by atoms with Gasteiger partial charge in [-0.25, -0.2) is 4.79 Å². The lowest BCUT2D eigenvalue weighted by Gasteiger charge is -2.34. The Morgan fingerprint density at radius 2 is 1.75 bits per heavy atom. The van der Waals surface area contributed by atoms with E-state index < -0.39 is 11.2 Å². The minimum Gasteiger partial charge on any atom is -0.454 e. The molecule has 0 N–H and O–H groups in total. The van der Waals surface area contributed by atoms with Crippen LogP contribution >= 0.6 is 0 Å². The summed E-state index contributed by atoms with van der Waals surface area (Å²) in [5, 5.41) is 0. The van der Waals surface area contributed by atoms with E-state index in [1.165, 1.54) is 24.9 Å². The summed E-state index contributed by atoms with van der Waals surface area (Å²) in [6, 6.07) is 5.90. The lowest BCUT2D eigenvalue weighted by molar-refractivity contribution is 0.0625. The summed E-state index contributed by atoms with van der Waals surface area (Å²) in [5.74, 6) is 1.19. The van der Waals surface area contributed by atoms with E-state index >= 15 is 0 Å². The molecule has 0 spiro atoms. The Bertz CT molecular complexity index is 1030. The van der Waals surface area contributed by atoms with E-state index in [0.29, 0.717) is 26.2 Å². The van der Waals surface area contributed by atoms with Crippen LogP contribution in [0.5, 0.6) is 11.5 Å². The van der Waals surface area contributed by atoms with Crippen molar-refractivity contribution in [1.29, 1.82) is 0 Å². The molecule has 28 heavy (non-hydrogen) atoms. The average Bonchev–Trinajstić information content (AvgIpc) is 3.17. The van der Waals surface area contributed by atoms with Crippen LogP contribution in [0.1, 0.15) is 15.9 Å². The molecule has 2 aliphatic rings. The lowest BCUT2D eigenvalue weighted by atomic mass is 10.1. The molecule has 9 heteroatoms. The van der Waals surface area contributed by atoms with Gasteiger partial charge in [0, 0.05) is 53.0 Å². The van der Waals surface area contributed by atoms with Gasteiger partial charge in [0.2, 0.25) is 6.79 Å². The second-order valence-electron chi connectivity index (χ2n) is 7.06. The molecule has 0 atom stereocenters. The van der Waals surface area contributed by atoms with Gasteiger partial charge in [0.25, 0.3) is 11.5 Å². The van der Waals surface area contributed by atoms with E-state index in [2.05, 4.69) is 4.90 Å². The molecule has 1 fully saturated rings. The Morgan fingerprint density at radius 1 is 1.04 bits per heavy atom. The third-order valence-corrected chi connectivity index (χ3v) is 5.18. The number of benzene rings is 1. The van der Waals surface area contributed by atoms with Crippen molar-refractivity contribution in [3.8, 4) is 11.5 Å². The number of aromatic nitrogens is 2. The summed E-state index contributed by atoms with van der Waals surface area (Å²) in [6.45, 7) is 3.45. The molecule has 2 aromatic rings. The van der Waals surface area contributed by atoms with Crippen molar-refractivity contribution in [3.05, 3.63) is 56.4 Å². The van der Waals surface area contributed by atoms with Gasteiger partial charge >= 0.3 is 5.69 Å². The van der Waals surface area contributed by atoms with Gasteiger partial charge in [-0.1, -0.05) is 6.07 Å². The Balaban J connectivity index is 1.41. The molecule has 4 rings (SSSR count). The largest absolute Gasteiger partial charge is 0.454 e. The molecule has 1 aromatic carbocycles. The van der Waals surface area contributed by atoms with Crippen molar-refractivity contribution in [2.75, 3.05) is 33.0 Å². The quantitative estimate of drug-likeness (QED) is 0.725. The zero-order valence-electron chi connectivity index (χ0n) is 15.9. The monoisotopic (exact) mass is 386 g/mol. The number of hydrogen-bond donors (Lipinski definition) is 0. The third kappa shape index (κ3) is 3.29. The first-order valence-electron chi connectivity index (χ1n) is 9.11. The number of nitrogens with zero attached hydrogens (tertiary/aromatic N) is 4. The molecule has 1 saturated heterocycles. The molecule has 0 unspecified atom stereocenters. The second kappa shape index (κ2) is 7.16. The SMILES string of the molecule is Cn1cc(C(=O)N2CCN(Cc3ccc4c(c3)OCO4)CC2)c(=O)n(C)c1=O. The van der Waals surface area contributed by atoms with E-state index in [-0.39, 0.29) is 18.3 Å². The molecule has 0 bridgehead atoms. The number of piperazine rings is 1. The Morgan fingerprint density at radius 3 is 2.50 bits per heavy atom. The fraction of sp³-hybridized carbons (Fsp3) is 0.421. The van der Waals surface area contributed by atoms with Crippen molar-refractivity contribution >= 4 is 5.91 Å². The number of carbonyl (C=O) groups is 1. The summed E-state index contributed by atoms with van der Waals surface area (Å²) in [7, 11) is 2.91. The number of aryl methyl sites for hydroxylation is 1. The molecule has 0 radical (unpaired) electrons. The zero-order chi connectivity index (χ0) is 19.8. The van der Waals surface area contributed by atoms with Crippen molar-refractivity contribution in [2.45, 2.75) is 6.54 Å². The highest BCUT2D eigenvalue weighted by molar-refractivity contribution is 5.93. The molecule has 1 aromatic heterocycles. The highest BCUT2D eigenvalue weighted by Gasteiger charge is 2.25. The number of carbonyl (C=O) groups excluding carboxylic acids is 1. The number of rotatable bonds is 3. The summed E-state index contributed by atoms with van der Waals surface area (Å²) in [6.07, 6.45) is 1.33. The minimum atomic E-state index is -0.559. The first kappa shape index (κ1) is 18.3. The van der Waals surface area contributed by atoms with Gasteiger partial charge in [0.15, 0.2) is 11.5 Å². The van der Waals surface area contributed by atoms with Gasteiger partial charge < -0.3 is 18.9 Å². The van der Waals surface area contributed by atoms with Gasteiger partial charge in [0.05, 0.1) is 0 Å². The average molecular weight is 386 g/mol. The molecular weight excluding hydrogens is 364 g/mol. The van der Waals surface area contributed by atoms with Crippen LogP contribution in [0.3, 0.4) is 0 Å². The predicted molar refractivity (Wildman–Crippen MR) is 101 cm³/mol. The molecule has 9 nitrogen and oxygen atoms in total. The van der Waals surface area contributed by atoms with Crippen LogP contribution in [-0.2, 0) is 20.6 Å². The van der Waals surface area contributed by atoms with Gasteiger partial charge in [-0.3, -0.25) is 19.1 Å². The van der Waals surface area contributed by atoms with E-state index in [0.717, 1.165) is 28.2 Å². The van der Waals surface area contributed by atoms with Crippen molar-refractivity contribution in [1.82, 2.24) is 18.9 Å². The van der Waals surface area contributed by atoms with Gasteiger partial charge in [0.1, 0.15) is 5.56 Å². The van der Waals surface area contributed by atoms with Gasteiger partial charge in [-0.15, -0.1) is 0 Å². The maximum absolute atomic E-state index is 12.8. The topological polar surface area (TPSA) is 86.0 Å². The van der Waals surface area contributed by atoms with Crippen LogP contribution in [-0.4, -0.2) is 57.8 Å². The van der Waals surface area contributed by atoms with E-state index in [1.807, 2.05) is 18.2 Å². The maximum atomic E-state index is 12.8. The van der Waals surface area contributed by atoms with Crippen LogP contribution in [0.15, 0.2) is 34.0 Å². The fourth-order valence-corrected chi connectivity index (χ4v) is 3.53. The van der Waals surface area contributed by atoms with Crippen LogP contribution in [0.4, 0.5) is 0 Å². The van der Waals surface area contributed by atoms with Crippen molar-refractivity contribution in [3.63, 3.8) is 0 Å². The van der Waals surface area contributed by atoms with Gasteiger partial charge in [-0.05, 0) is 17.7 Å². The number of ether oxygens (including phenoxy) is 2. The summed E-state index contributed by atoms with van der Waals surface area (Å²) in [5.41, 5.74) is 0.135. The summed E-state index contributed by atoms with van der Waals surface area (Å²) < 4.78 is 13.0. The smallest absolute Gasteiger partial charge is 0.330 e. The van der Waals surface area contributed by atoms with Crippen LogP contribution in [0, 0.1) is 0 Å². The number of hydrogen-bond acceptors (Lipinski definition) is 6. The number of fused-ring (bicyclic) bond motifs is 1. The first-order chi connectivity index (χ1) is 13.4. The Hall–Kier alpha value is -3.07. The highest BCUT2D eigenvalue weighted by atomic mass is 16.7. The normalized spacial score (nSPS) is 16.4. The third-order valence-electron chi connectivity index (χ3n) is 5.18. The molecular formula is C19H22N4O5.